The van der Waals surface area contributed by atoms with Crippen LogP contribution in [0.1, 0.15) is 5.69 Å². The molecule has 0 aliphatic rings. The molecule has 0 aromatic carbocycles. The maximum atomic E-state index is 4.25. The van der Waals surface area contributed by atoms with Crippen molar-refractivity contribution in [3.8, 4) is 0 Å². The molecule has 4 heteroatoms. The first kappa shape index (κ1) is 9.32. The average molecular weight is 230 g/mol. The lowest BCUT2D eigenvalue weighted by Crippen LogP contribution is -2.14. The van der Waals surface area contributed by atoms with Crippen molar-refractivity contribution < 1.29 is 0 Å². The van der Waals surface area contributed by atoms with Gasteiger partial charge < -0.3 is 9.47 Å². The summed E-state index contributed by atoms with van der Waals surface area (Å²) in [6.07, 6.45) is 3.80. The van der Waals surface area contributed by atoms with Crippen molar-refractivity contribution in [3.05, 3.63) is 16.9 Å². The Morgan fingerprint density at radius 2 is 2.25 bits per heavy atom. The van der Waals surface area contributed by atoms with Gasteiger partial charge in [0.05, 0.1) is 11.9 Å². The van der Waals surface area contributed by atoms with E-state index in [9.17, 15) is 0 Å². The quantitative estimate of drug-likeness (QED) is 0.773. The van der Waals surface area contributed by atoms with E-state index in [-0.39, 0.29) is 0 Å². The smallest absolute Gasteiger partial charge is 0.205 e. The topological polar surface area (TPSA) is 21.1 Å². The van der Waals surface area contributed by atoms with Gasteiger partial charge in [-0.25, -0.2) is 4.98 Å². The number of halogens is 1. The van der Waals surface area contributed by atoms with E-state index >= 15 is 0 Å². The van der Waals surface area contributed by atoms with Crippen molar-refractivity contribution >= 4 is 28.0 Å². The van der Waals surface area contributed by atoms with Gasteiger partial charge in [-0.3, -0.25) is 0 Å². The van der Waals surface area contributed by atoms with Crippen LogP contribution in [0.4, 0.5) is 5.95 Å². The fraction of sp³-hybridized carbons (Fsp3) is 0.375. The van der Waals surface area contributed by atoms with Crippen molar-refractivity contribution in [1.82, 2.24) is 9.55 Å². The van der Waals surface area contributed by atoms with Crippen molar-refractivity contribution in [2.24, 2.45) is 7.05 Å². The number of hydrogen-bond acceptors (Lipinski definition) is 2. The fourth-order valence-corrected chi connectivity index (χ4v) is 1.32. The van der Waals surface area contributed by atoms with Crippen LogP contribution >= 0.6 is 15.9 Å². The van der Waals surface area contributed by atoms with Gasteiger partial charge in [-0.2, -0.15) is 0 Å². The normalized spacial score (nSPS) is 11.0. The van der Waals surface area contributed by atoms with E-state index in [1.807, 2.05) is 47.9 Å². The van der Waals surface area contributed by atoms with E-state index < -0.39 is 0 Å². The van der Waals surface area contributed by atoms with Crippen LogP contribution in [-0.4, -0.2) is 23.6 Å². The van der Waals surface area contributed by atoms with Gasteiger partial charge in [-0.1, -0.05) is 15.9 Å². The predicted octanol–water partition coefficient (Wildman–Crippen LogP) is 1.85. The molecule has 1 heterocycles. The van der Waals surface area contributed by atoms with E-state index in [1.54, 1.807) is 0 Å². The SMILES string of the molecule is CN(C)c1ncc(/C=C/Br)n1C. The van der Waals surface area contributed by atoms with Crippen molar-refractivity contribution in [2.75, 3.05) is 19.0 Å². The van der Waals surface area contributed by atoms with Crippen LogP contribution in [0.5, 0.6) is 0 Å². The van der Waals surface area contributed by atoms with Gasteiger partial charge in [0.25, 0.3) is 0 Å². The molecule has 1 rings (SSSR count). The molecule has 0 aliphatic carbocycles. The fourth-order valence-electron chi connectivity index (χ4n) is 1.05. The van der Waals surface area contributed by atoms with Gasteiger partial charge in [-0.05, 0) is 11.1 Å². The van der Waals surface area contributed by atoms with Crippen molar-refractivity contribution in [1.29, 1.82) is 0 Å². The molecule has 0 bridgehead atoms. The molecule has 3 nitrogen and oxygen atoms in total. The monoisotopic (exact) mass is 229 g/mol. The second-order valence-electron chi connectivity index (χ2n) is 2.73. The summed E-state index contributed by atoms with van der Waals surface area (Å²) >= 11 is 3.23. The Hall–Kier alpha value is -0.770. The van der Waals surface area contributed by atoms with Crippen molar-refractivity contribution in [2.45, 2.75) is 0 Å². The lowest BCUT2D eigenvalue weighted by molar-refractivity contribution is 0.859. The van der Waals surface area contributed by atoms with Crippen LogP contribution in [-0.2, 0) is 7.05 Å². The Morgan fingerprint density at radius 1 is 1.58 bits per heavy atom. The summed E-state index contributed by atoms with van der Waals surface area (Å²) in [7, 11) is 5.94. The van der Waals surface area contributed by atoms with Crippen LogP contribution in [0, 0.1) is 0 Å². The van der Waals surface area contributed by atoms with Gasteiger partial charge in [-0.15, -0.1) is 0 Å². The zero-order valence-electron chi connectivity index (χ0n) is 7.45. The maximum Gasteiger partial charge on any atom is 0.205 e. The standard InChI is InChI=1S/C8H12BrN3/c1-11(2)8-10-6-7(4-5-9)12(8)3/h4-6H,1-3H3/b5-4+. The Morgan fingerprint density at radius 3 is 2.67 bits per heavy atom. The van der Waals surface area contributed by atoms with Crippen LogP contribution in [0.15, 0.2) is 11.2 Å². The van der Waals surface area contributed by atoms with Crippen LogP contribution in [0.3, 0.4) is 0 Å². The number of nitrogens with zero attached hydrogens (tertiary/aromatic N) is 3. The minimum absolute atomic E-state index is 0.954. The summed E-state index contributed by atoms with van der Waals surface area (Å²) < 4.78 is 2.03. The molecule has 1 aromatic rings. The molecule has 12 heavy (non-hydrogen) atoms. The molecule has 0 saturated carbocycles. The van der Waals surface area contributed by atoms with E-state index in [2.05, 4.69) is 20.9 Å². The molecule has 0 atom stereocenters. The third-order valence-electron chi connectivity index (χ3n) is 1.63. The second kappa shape index (κ2) is 3.76. The molecule has 0 unspecified atom stereocenters. The molecule has 0 aliphatic heterocycles. The van der Waals surface area contributed by atoms with Gasteiger partial charge in [0.1, 0.15) is 0 Å². The molecule has 0 saturated heterocycles. The molecule has 0 radical (unpaired) electrons. The van der Waals surface area contributed by atoms with Crippen molar-refractivity contribution in [3.63, 3.8) is 0 Å². The first-order chi connectivity index (χ1) is 5.66. The zero-order valence-corrected chi connectivity index (χ0v) is 9.04. The van der Waals surface area contributed by atoms with Crippen LogP contribution in [0.2, 0.25) is 0 Å². The highest BCUT2D eigenvalue weighted by Crippen LogP contribution is 2.12. The number of rotatable bonds is 2. The average Bonchev–Trinajstić information content (AvgIpc) is 2.34. The van der Waals surface area contributed by atoms with Crippen LogP contribution in [0.25, 0.3) is 6.08 Å². The lowest BCUT2D eigenvalue weighted by Gasteiger charge is -2.11. The summed E-state index contributed by atoms with van der Waals surface area (Å²) in [5.74, 6) is 0.954. The van der Waals surface area contributed by atoms with Gasteiger partial charge in [0, 0.05) is 21.1 Å². The molecule has 0 amide bonds. The summed E-state index contributed by atoms with van der Waals surface area (Å²) in [5, 5.41) is 0. The summed E-state index contributed by atoms with van der Waals surface area (Å²) in [5.41, 5.74) is 1.08. The largest absolute Gasteiger partial charge is 0.348 e. The minimum atomic E-state index is 0.954. The lowest BCUT2D eigenvalue weighted by atomic mass is 10.5. The first-order valence-corrected chi connectivity index (χ1v) is 4.54. The Bertz CT molecular complexity index is 288. The van der Waals surface area contributed by atoms with E-state index in [0.717, 1.165) is 11.6 Å². The van der Waals surface area contributed by atoms with E-state index in [4.69, 9.17) is 0 Å². The van der Waals surface area contributed by atoms with E-state index in [0.29, 0.717) is 0 Å². The van der Waals surface area contributed by atoms with Gasteiger partial charge in [0.2, 0.25) is 5.95 Å². The third-order valence-corrected chi connectivity index (χ3v) is 1.90. The zero-order chi connectivity index (χ0) is 9.14. The molecule has 0 N–H and O–H groups in total. The summed E-state index contributed by atoms with van der Waals surface area (Å²) in [4.78, 5) is 8.05. The maximum absolute atomic E-state index is 4.25. The first-order valence-electron chi connectivity index (χ1n) is 3.62. The Balaban J connectivity index is 3.04. The molecule has 0 spiro atoms. The van der Waals surface area contributed by atoms with E-state index in [1.165, 1.54) is 0 Å². The van der Waals surface area contributed by atoms with Gasteiger partial charge >= 0.3 is 0 Å². The molecular formula is C8H12BrN3. The predicted molar refractivity (Wildman–Crippen MR) is 55.5 cm³/mol. The highest BCUT2D eigenvalue weighted by molar-refractivity contribution is 9.11. The molecule has 66 valence electrons. The molecule has 1 aromatic heterocycles. The number of hydrogen-bond donors (Lipinski definition) is 0. The summed E-state index contributed by atoms with van der Waals surface area (Å²) in [6, 6.07) is 0. The third kappa shape index (κ3) is 1.69. The summed E-state index contributed by atoms with van der Waals surface area (Å²) in [6.45, 7) is 0. The highest BCUT2D eigenvalue weighted by atomic mass is 79.9. The van der Waals surface area contributed by atoms with Crippen LogP contribution < -0.4 is 4.90 Å². The second-order valence-corrected chi connectivity index (χ2v) is 3.26. The molecular weight excluding hydrogens is 218 g/mol. The Labute approximate surface area is 80.8 Å². The minimum Gasteiger partial charge on any atom is -0.348 e. The van der Waals surface area contributed by atoms with Gasteiger partial charge in [0.15, 0.2) is 0 Å². The number of aromatic nitrogens is 2. The Kier molecular flexibility index (Phi) is 2.92. The molecule has 0 fully saturated rings. The number of imidazole rings is 1. The number of anilines is 1. The highest BCUT2D eigenvalue weighted by Gasteiger charge is 2.04.